The first-order chi connectivity index (χ1) is 15.2. The topological polar surface area (TPSA) is 68.6 Å². The van der Waals surface area contributed by atoms with E-state index in [9.17, 15) is 22.0 Å². The van der Waals surface area contributed by atoms with Gasteiger partial charge in [0.05, 0.1) is 9.79 Å². The average molecular weight is 479 g/mol. The second-order valence-corrected chi connectivity index (χ2v) is 11.0. The number of sulfone groups is 1. The molecule has 3 rings (SSSR count). The number of carbonyl (C=O) groups is 1. The molecule has 178 valence electrons. The van der Waals surface area contributed by atoms with Gasteiger partial charge in [-0.15, -0.1) is 0 Å². The number of likely N-dealkylation sites (N-methyl/N-ethyl adjacent to an activating group) is 1. The van der Waals surface area contributed by atoms with Gasteiger partial charge in [0.1, 0.15) is 17.2 Å². The zero-order valence-electron chi connectivity index (χ0n) is 19.6. The van der Waals surface area contributed by atoms with E-state index < -0.39 is 38.1 Å². The minimum absolute atomic E-state index is 0.0626. The summed E-state index contributed by atoms with van der Waals surface area (Å²) in [6.07, 6.45) is 0.0218. The van der Waals surface area contributed by atoms with Crippen LogP contribution in [0.15, 0.2) is 46.2 Å². The molecule has 0 spiro atoms. The fourth-order valence-electron chi connectivity index (χ4n) is 3.64. The highest BCUT2D eigenvalue weighted by Crippen LogP contribution is 2.31. The number of ether oxygens (including phenoxy) is 1. The number of nitrogens with zero attached hydrogens (tertiary/aromatic N) is 2. The molecule has 9 heteroatoms. The molecule has 0 saturated carbocycles. The Hall–Kier alpha value is -2.94. The van der Waals surface area contributed by atoms with Crippen molar-refractivity contribution in [1.29, 1.82) is 0 Å². The SMILES string of the molecule is Cc1c(CCN(C)C(=O)OC(C)(C)C)c2cc(S(=O)(=O)c3cc(F)cc(F)c3)ccc2n1C. The fraction of sp³-hybridized carbons (Fsp3) is 0.375. The first-order valence-electron chi connectivity index (χ1n) is 10.4. The molecular formula is C24H28F2N2O4S. The lowest BCUT2D eigenvalue weighted by molar-refractivity contribution is 0.0300. The molecule has 6 nitrogen and oxygen atoms in total. The van der Waals surface area contributed by atoms with E-state index in [1.807, 2.05) is 18.5 Å². The van der Waals surface area contributed by atoms with Gasteiger partial charge in [-0.3, -0.25) is 0 Å². The van der Waals surface area contributed by atoms with Crippen molar-refractivity contribution in [3.05, 3.63) is 59.3 Å². The van der Waals surface area contributed by atoms with Gasteiger partial charge >= 0.3 is 6.09 Å². The molecule has 0 radical (unpaired) electrons. The molecular weight excluding hydrogens is 450 g/mol. The molecule has 3 aromatic rings. The smallest absolute Gasteiger partial charge is 0.410 e. The molecule has 0 bridgehead atoms. The molecule has 0 aliphatic heterocycles. The normalized spacial score (nSPS) is 12.2. The van der Waals surface area contributed by atoms with Gasteiger partial charge < -0.3 is 14.2 Å². The van der Waals surface area contributed by atoms with Crippen molar-refractivity contribution < 1.29 is 26.7 Å². The highest BCUT2D eigenvalue weighted by Gasteiger charge is 2.23. The lowest BCUT2D eigenvalue weighted by atomic mass is 10.1. The van der Waals surface area contributed by atoms with Crippen molar-refractivity contribution in [2.24, 2.45) is 7.05 Å². The molecule has 0 N–H and O–H groups in total. The first kappa shape index (κ1) is 24.7. The molecule has 0 aliphatic carbocycles. The van der Waals surface area contributed by atoms with E-state index in [0.717, 1.165) is 28.9 Å². The van der Waals surface area contributed by atoms with Crippen LogP contribution in [0.4, 0.5) is 13.6 Å². The van der Waals surface area contributed by atoms with Gasteiger partial charge in [0.15, 0.2) is 0 Å². The standard InChI is InChI=1S/C24H28F2N2O4S/c1-15-20(9-10-27(5)23(29)32-24(2,3)4)21-14-18(7-8-22(21)28(15)6)33(30,31)19-12-16(25)11-17(26)13-19/h7-8,11-14H,9-10H2,1-6H3. The van der Waals surface area contributed by atoms with Crippen molar-refractivity contribution in [2.45, 2.75) is 49.5 Å². The second-order valence-electron chi connectivity index (χ2n) is 9.06. The quantitative estimate of drug-likeness (QED) is 0.517. The number of amides is 1. The minimum Gasteiger partial charge on any atom is -0.444 e. The lowest BCUT2D eigenvalue weighted by Gasteiger charge is -2.24. The Labute approximate surface area is 192 Å². The molecule has 1 amide bonds. The molecule has 0 saturated heterocycles. The third-order valence-corrected chi connectivity index (χ3v) is 7.18. The van der Waals surface area contributed by atoms with Crippen LogP contribution in [0.1, 0.15) is 32.0 Å². The number of benzene rings is 2. The lowest BCUT2D eigenvalue weighted by Crippen LogP contribution is -2.35. The summed E-state index contributed by atoms with van der Waals surface area (Å²) in [5.41, 5.74) is 2.01. The highest BCUT2D eigenvalue weighted by atomic mass is 32.2. The number of hydrogen-bond acceptors (Lipinski definition) is 4. The van der Waals surface area contributed by atoms with Crippen molar-refractivity contribution in [2.75, 3.05) is 13.6 Å². The van der Waals surface area contributed by atoms with Crippen LogP contribution < -0.4 is 0 Å². The van der Waals surface area contributed by atoms with Crippen LogP contribution in [0.25, 0.3) is 10.9 Å². The van der Waals surface area contributed by atoms with Gasteiger partial charge in [0, 0.05) is 43.3 Å². The largest absolute Gasteiger partial charge is 0.444 e. The maximum Gasteiger partial charge on any atom is 0.410 e. The van der Waals surface area contributed by atoms with Crippen LogP contribution in [0.2, 0.25) is 0 Å². The van der Waals surface area contributed by atoms with Gasteiger partial charge in [0.25, 0.3) is 0 Å². The van der Waals surface area contributed by atoms with E-state index in [1.165, 1.54) is 17.0 Å². The molecule has 0 unspecified atom stereocenters. The summed E-state index contributed by atoms with van der Waals surface area (Å²) in [4.78, 5) is 13.3. The van der Waals surface area contributed by atoms with Crippen molar-refractivity contribution in [3.63, 3.8) is 0 Å². The Morgan fingerprint density at radius 2 is 1.67 bits per heavy atom. The van der Waals surface area contributed by atoms with Crippen LogP contribution in [0.3, 0.4) is 0 Å². The van der Waals surface area contributed by atoms with Crippen molar-refractivity contribution >= 4 is 26.8 Å². The van der Waals surface area contributed by atoms with E-state index >= 15 is 0 Å². The highest BCUT2D eigenvalue weighted by molar-refractivity contribution is 7.91. The summed E-state index contributed by atoms with van der Waals surface area (Å²) in [7, 11) is -0.623. The summed E-state index contributed by atoms with van der Waals surface area (Å²) in [6.45, 7) is 7.65. The molecule has 33 heavy (non-hydrogen) atoms. The Balaban J connectivity index is 1.98. The summed E-state index contributed by atoms with van der Waals surface area (Å²) < 4.78 is 60.7. The minimum atomic E-state index is -4.13. The Bertz CT molecular complexity index is 1300. The Morgan fingerprint density at radius 1 is 1.06 bits per heavy atom. The number of fused-ring (bicyclic) bond motifs is 1. The van der Waals surface area contributed by atoms with Gasteiger partial charge in [0.2, 0.25) is 9.84 Å². The van der Waals surface area contributed by atoms with Crippen LogP contribution in [-0.4, -0.2) is 43.2 Å². The number of halogens is 2. The van der Waals surface area contributed by atoms with E-state index in [0.29, 0.717) is 24.4 Å². The number of hydrogen-bond donors (Lipinski definition) is 0. The Kier molecular flexibility index (Phi) is 6.57. The number of carbonyl (C=O) groups excluding carboxylic acids is 1. The molecule has 1 aromatic heterocycles. The Morgan fingerprint density at radius 3 is 2.24 bits per heavy atom. The summed E-state index contributed by atoms with van der Waals surface area (Å²) >= 11 is 0. The molecule has 0 fully saturated rings. The number of aromatic nitrogens is 1. The van der Waals surface area contributed by atoms with Gasteiger partial charge in [-0.2, -0.15) is 0 Å². The third-order valence-electron chi connectivity index (χ3n) is 5.45. The van der Waals surface area contributed by atoms with Crippen LogP contribution >= 0.6 is 0 Å². The molecule has 0 atom stereocenters. The van der Waals surface area contributed by atoms with Crippen molar-refractivity contribution in [1.82, 2.24) is 9.47 Å². The monoisotopic (exact) mass is 478 g/mol. The predicted octanol–water partition coefficient (Wildman–Crippen LogP) is 5.01. The van der Waals surface area contributed by atoms with Gasteiger partial charge in [-0.1, -0.05) is 0 Å². The van der Waals surface area contributed by atoms with Crippen LogP contribution in [0, 0.1) is 18.6 Å². The van der Waals surface area contributed by atoms with Crippen LogP contribution in [0.5, 0.6) is 0 Å². The molecule has 0 aliphatic rings. The predicted molar refractivity (Wildman–Crippen MR) is 122 cm³/mol. The maximum absolute atomic E-state index is 13.6. The molecule has 1 heterocycles. The first-order valence-corrected chi connectivity index (χ1v) is 11.9. The summed E-state index contributed by atoms with van der Waals surface area (Å²) in [5.74, 6) is -1.92. The maximum atomic E-state index is 13.6. The fourth-order valence-corrected chi connectivity index (χ4v) is 4.97. The van der Waals surface area contributed by atoms with E-state index in [-0.39, 0.29) is 4.90 Å². The van der Waals surface area contributed by atoms with Gasteiger partial charge in [-0.25, -0.2) is 22.0 Å². The second kappa shape index (κ2) is 8.78. The van der Waals surface area contributed by atoms with E-state index in [1.54, 1.807) is 33.9 Å². The van der Waals surface area contributed by atoms with E-state index in [2.05, 4.69) is 0 Å². The zero-order chi connectivity index (χ0) is 24.7. The molecule has 2 aromatic carbocycles. The van der Waals surface area contributed by atoms with E-state index in [4.69, 9.17) is 4.74 Å². The average Bonchev–Trinajstić information content (AvgIpc) is 2.93. The summed E-state index contributed by atoms with van der Waals surface area (Å²) in [5, 5.41) is 0.700. The summed E-state index contributed by atoms with van der Waals surface area (Å²) in [6, 6.07) is 6.85. The number of rotatable bonds is 5. The zero-order valence-corrected chi connectivity index (χ0v) is 20.4. The van der Waals surface area contributed by atoms with Gasteiger partial charge in [-0.05, 0) is 70.0 Å². The third kappa shape index (κ3) is 5.19. The van der Waals surface area contributed by atoms with Crippen LogP contribution in [-0.2, 0) is 28.0 Å². The van der Waals surface area contributed by atoms with Crippen molar-refractivity contribution in [3.8, 4) is 0 Å². The number of aryl methyl sites for hydroxylation is 1.